The highest BCUT2D eigenvalue weighted by molar-refractivity contribution is 7.90. The van der Waals surface area contributed by atoms with Gasteiger partial charge in [0.1, 0.15) is 17.4 Å². The van der Waals surface area contributed by atoms with E-state index in [-0.39, 0.29) is 46.1 Å². The van der Waals surface area contributed by atoms with Gasteiger partial charge in [-0.25, -0.2) is 9.37 Å². The lowest BCUT2D eigenvalue weighted by Gasteiger charge is -2.32. The number of halogens is 1. The van der Waals surface area contributed by atoms with Gasteiger partial charge in [0.25, 0.3) is 5.56 Å². The van der Waals surface area contributed by atoms with E-state index in [1.165, 1.54) is 25.5 Å². The summed E-state index contributed by atoms with van der Waals surface area (Å²) >= 11 is 0. The molecular weight excluding hydrogens is 527 g/mol. The molecule has 39 heavy (non-hydrogen) atoms. The predicted molar refractivity (Wildman–Crippen MR) is 142 cm³/mol. The number of nitrogens with one attached hydrogen (secondary N) is 2. The molecule has 0 aliphatic carbocycles. The summed E-state index contributed by atoms with van der Waals surface area (Å²) in [6.45, 7) is 4.00. The molecule has 0 amide bonds. The van der Waals surface area contributed by atoms with Crippen molar-refractivity contribution in [3.63, 3.8) is 0 Å². The third kappa shape index (κ3) is 5.20. The average molecular weight is 557 g/mol. The molecule has 0 bridgehead atoms. The minimum atomic E-state index is -3.97. The molecule has 1 aromatic heterocycles. The molecule has 206 valence electrons. The van der Waals surface area contributed by atoms with Gasteiger partial charge in [0.15, 0.2) is 11.6 Å². The van der Waals surface area contributed by atoms with Gasteiger partial charge < -0.3 is 14.8 Å². The van der Waals surface area contributed by atoms with E-state index in [2.05, 4.69) is 15.0 Å². The molecule has 3 heterocycles. The first-order valence-electron chi connectivity index (χ1n) is 12.7. The Balaban J connectivity index is 1.46. The number of nitrogens with zero attached hydrogens (tertiary/aromatic N) is 4. The van der Waals surface area contributed by atoms with Crippen molar-refractivity contribution in [2.45, 2.75) is 37.8 Å². The Morgan fingerprint density at radius 2 is 2.10 bits per heavy atom. The molecule has 2 N–H and O–H groups in total. The molecule has 2 fully saturated rings. The summed E-state index contributed by atoms with van der Waals surface area (Å²) in [6, 6.07) is 8.34. The summed E-state index contributed by atoms with van der Waals surface area (Å²) < 4.78 is 56.6. The van der Waals surface area contributed by atoms with Crippen LogP contribution in [0.3, 0.4) is 0 Å². The van der Waals surface area contributed by atoms with Crippen LogP contribution in [-0.2, 0) is 14.9 Å². The largest absolute Gasteiger partial charge is 0.453 e. The lowest BCUT2D eigenvalue weighted by molar-refractivity contribution is -0.0196. The highest BCUT2D eigenvalue weighted by Crippen LogP contribution is 2.39. The summed E-state index contributed by atoms with van der Waals surface area (Å²) in [5.41, 5.74) is -0.549. The summed E-state index contributed by atoms with van der Waals surface area (Å²) in [5, 5.41) is 13.3. The van der Waals surface area contributed by atoms with E-state index in [4.69, 9.17) is 9.47 Å². The predicted octanol–water partition coefficient (Wildman–Crippen LogP) is 2.89. The molecular formula is C26H29FN6O5S. The molecule has 11 nitrogen and oxygen atoms in total. The third-order valence-electron chi connectivity index (χ3n) is 7.39. The number of hydrogen-bond acceptors (Lipinski definition) is 8. The van der Waals surface area contributed by atoms with Gasteiger partial charge >= 0.3 is 10.2 Å². The van der Waals surface area contributed by atoms with Crippen molar-refractivity contribution in [2.24, 2.45) is 0 Å². The van der Waals surface area contributed by atoms with Crippen LogP contribution in [0.4, 0.5) is 10.1 Å². The van der Waals surface area contributed by atoms with Gasteiger partial charge in [-0.05, 0) is 62.7 Å². The Kier molecular flexibility index (Phi) is 7.30. The van der Waals surface area contributed by atoms with Crippen LogP contribution in [0.15, 0.2) is 41.5 Å². The third-order valence-corrected chi connectivity index (χ3v) is 8.94. The van der Waals surface area contributed by atoms with Crippen molar-refractivity contribution in [3.8, 4) is 17.6 Å². The van der Waals surface area contributed by atoms with E-state index in [9.17, 15) is 22.9 Å². The zero-order chi connectivity index (χ0) is 27.8. The highest BCUT2D eigenvalue weighted by atomic mass is 32.2. The molecule has 1 unspecified atom stereocenters. The average Bonchev–Trinajstić information content (AvgIpc) is 3.33. The maximum Gasteiger partial charge on any atom is 0.301 e. The van der Waals surface area contributed by atoms with E-state index in [1.54, 1.807) is 17.6 Å². The fourth-order valence-electron chi connectivity index (χ4n) is 5.03. The van der Waals surface area contributed by atoms with Crippen molar-refractivity contribution in [2.75, 3.05) is 38.0 Å². The lowest BCUT2D eigenvalue weighted by atomic mass is 9.88. The maximum atomic E-state index is 14.8. The number of aromatic nitrogens is 2. The number of piperidine rings is 1. The Hall–Kier alpha value is -3.57. The van der Waals surface area contributed by atoms with Crippen LogP contribution in [0.25, 0.3) is 10.9 Å². The van der Waals surface area contributed by atoms with Crippen LogP contribution < -0.4 is 20.3 Å². The topological polar surface area (TPSA) is 139 Å². The van der Waals surface area contributed by atoms with E-state index in [0.29, 0.717) is 18.5 Å². The van der Waals surface area contributed by atoms with Crippen molar-refractivity contribution >= 4 is 26.8 Å². The van der Waals surface area contributed by atoms with Crippen molar-refractivity contribution in [1.82, 2.24) is 19.2 Å². The Morgan fingerprint density at radius 1 is 1.33 bits per heavy atom. The molecule has 0 radical (unpaired) electrons. The molecule has 1 atom stereocenters. The first-order valence-corrected chi connectivity index (χ1v) is 14.1. The minimum Gasteiger partial charge on any atom is -0.453 e. The Bertz CT molecular complexity index is 1610. The second-order valence-corrected chi connectivity index (χ2v) is 11.5. The zero-order valence-electron chi connectivity index (χ0n) is 21.6. The molecule has 0 saturated carbocycles. The summed E-state index contributed by atoms with van der Waals surface area (Å²) in [5.74, 6) is -1.23. The first kappa shape index (κ1) is 27.0. The Morgan fingerprint density at radius 3 is 2.82 bits per heavy atom. The second-order valence-electron chi connectivity index (χ2n) is 9.77. The van der Waals surface area contributed by atoms with Gasteiger partial charge in [-0.2, -0.15) is 18.0 Å². The van der Waals surface area contributed by atoms with Crippen LogP contribution in [0.2, 0.25) is 0 Å². The molecule has 3 aromatic rings. The number of nitriles is 1. The number of fused-ring (bicyclic) bond motifs is 1. The monoisotopic (exact) mass is 556 g/mol. The van der Waals surface area contributed by atoms with Crippen LogP contribution in [-0.4, -0.2) is 61.2 Å². The zero-order valence-corrected chi connectivity index (χ0v) is 22.4. The lowest BCUT2D eigenvalue weighted by Crippen LogP contribution is -2.41. The van der Waals surface area contributed by atoms with Crippen LogP contribution in [0.5, 0.6) is 11.5 Å². The summed E-state index contributed by atoms with van der Waals surface area (Å²) in [6.07, 6.45) is 4.00. The van der Waals surface area contributed by atoms with E-state index >= 15 is 0 Å². The van der Waals surface area contributed by atoms with Crippen LogP contribution in [0, 0.1) is 17.1 Å². The van der Waals surface area contributed by atoms with E-state index in [0.717, 1.165) is 42.4 Å². The van der Waals surface area contributed by atoms with E-state index < -0.39 is 21.8 Å². The summed E-state index contributed by atoms with van der Waals surface area (Å²) in [7, 11) is -2.60. The van der Waals surface area contributed by atoms with Crippen LogP contribution >= 0.6 is 0 Å². The van der Waals surface area contributed by atoms with Gasteiger partial charge in [0.05, 0.1) is 41.2 Å². The number of hydrogen-bond donors (Lipinski definition) is 2. The van der Waals surface area contributed by atoms with Gasteiger partial charge in [0, 0.05) is 13.6 Å². The number of rotatable bonds is 7. The molecule has 5 rings (SSSR count). The smallest absolute Gasteiger partial charge is 0.301 e. The molecule has 2 aromatic carbocycles. The van der Waals surface area contributed by atoms with Crippen molar-refractivity contribution in [1.29, 1.82) is 5.26 Å². The molecule has 2 aliphatic rings. The fraction of sp³-hybridized carbons (Fsp3) is 0.423. The molecule has 13 heteroatoms. The maximum absolute atomic E-state index is 14.8. The number of ether oxygens (including phenoxy) is 2. The van der Waals surface area contributed by atoms with Gasteiger partial charge in [-0.15, -0.1) is 0 Å². The first-order chi connectivity index (χ1) is 18.7. The van der Waals surface area contributed by atoms with E-state index in [1.807, 2.05) is 6.07 Å². The summed E-state index contributed by atoms with van der Waals surface area (Å²) in [4.78, 5) is 17.9. The fourth-order valence-corrected chi connectivity index (χ4v) is 5.97. The number of anilines is 1. The number of benzene rings is 2. The van der Waals surface area contributed by atoms with Gasteiger partial charge in [0.2, 0.25) is 0 Å². The minimum absolute atomic E-state index is 0.0951. The van der Waals surface area contributed by atoms with Gasteiger partial charge in [-0.1, -0.05) is 6.92 Å². The molecule has 1 spiro atoms. The second kappa shape index (κ2) is 10.5. The molecule has 2 aliphatic heterocycles. The SMILES string of the molecule is CCN(C)S(=O)(=O)Nc1ccc(F)c(Oc2ccc3ncn(C4COC5(CCNCC5)C4)c(=O)c3c2)c1C#N. The highest BCUT2D eigenvalue weighted by Gasteiger charge is 2.42. The molecule has 2 saturated heterocycles. The Labute approximate surface area is 225 Å². The quantitative estimate of drug-likeness (QED) is 0.453. The van der Waals surface area contributed by atoms with Crippen LogP contribution in [0.1, 0.15) is 37.8 Å². The van der Waals surface area contributed by atoms with Crippen molar-refractivity contribution < 1.29 is 22.3 Å². The standard InChI is InChI=1S/C26H29FN6O5S/c1-3-32(2)39(35,36)31-23-7-5-21(27)24(20(23)14-28)38-18-4-6-22-19(12-18)25(34)33(16-30-22)17-13-26(37-15-17)8-10-29-11-9-26/h4-7,12,16-17,29,31H,3,8-11,13,15H2,1-2H3. The van der Waals surface area contributed by atoms with Crippen molar-refractivity contribution in [3.05, 3.63) is 58.4 Å². The van der Waals surface area contributed by atoms with Gasteiger partial charge in [-0.3, -0.25) is 14.1 Å². The normalized spacial score (nSPS) is 18.9.